The number of pyridine rings is 1. The van der Waals surface area contributed by atoms with Crippen LogP contribution >= 0.6 is 0 Å². The predicted octanol–water partition coefficient (Wildman–Crippen LogP) is 5.26. The number of hydrogen-bond acceptors (Lipinski definition) is 3. The molecule has 0 bridgehead atoms. The fraction of sp³-hybridized carbons (Fsp3) is 0.0526. The molecule has 0 aliphatic carbocycles. The van der Waals surface area contributed by atoms with Crippen molar-refractivity contribution in [2.24, 2.45) is 0 Å². The zero-order valence-corrected chi connectivity index (χ0v) is 13.1. The van der Waals surface area contributed by atoms with Crippen LogP contribution in [-0.4, -0.2) is 10.8 Å². The quantitative estimate of drug-likeness (QED) is 0.470. The Balaban J connectivity index is 1.96. The second-order valence-corrected chi connectivity index (χ2v) is 5.29. The maximum absolute atomic E-state index is 14.2. The van der Waals surface area contributed by atoms with Crippen LogP contribution in [-0.2, 0) is 6.18 Å². The van der Waals surface area contributed by atoms with Crippen LogP contribution in [0.25, 0.3) is 0 Å². The molecule has 0 aliphatic rings. The van der Waals surface area contributed by atoms with Gasteiger partial charge in [-0.1, -0.05) is 24.3 Å². The number of para-hydroxylation sites is 1. The maximum atomic E-state index is 14.2. The van der Waals surface area contributed by atoms with Crippen molar-refractivity contribution in [3.8, 4) is 11.6 Å². The molecule has 0 radical (unpaired) electrons. The summed E-state index contributed by atoms with van der Waals surface area (Å²) < 4.78 is 57.5. The highest BCUT2D eigenvalue weighted by atomic mass is 19.4. The topological polar surface area (TPSA) is 39.2 Å². The minimum Gasteiger partial charge on any atom is -0.435 e. The van der Waals surface area contributed by atoms with Gasteiger partial charge in [-0.05, 0) is 30.3 Å². The van der Waals surface area contributed by atoms with E-state index in [0.29, 0.717) is 0 Å². The van der Waals surface area contributed by atoms with Crippen molar-refractivity contribution >= 4 is 5.78 Å². The van der Waals surface area contributed by atoms with Gasteiger partial charge in [-0.15, -0.1) is 0 Å². The van der Waals surface area contributed by atoms with E-state index in [4.69, 9.17) is 4.74 Å². The van der Waals surface area contributed by atoms with Gasteiger partial charge in [0.05, 0.1) is 11.1 Å². The molecule has 0 amide bonds. The average molecular weight is 361 g/mol. The number of benzene rings is 2. The third kappa shape index (κ3) is 3.72. The van der Waals surface area contributed by atoms with Crippen LogP contribution in [0.15, 0.2) is 66.9 Å². The second-order valence-electron chi connectivity index (χ2n) is 5.29. The number of ether oxygens (including phenoxy) is 1. The molecule has 3 nitrogen and oxygen atoms in total. The van der Waals surface area contributed by atoms with Crippen molar-refractivity contribution < 1.29 is 27.1 Å². The molecule has 2 aromatic carbocycles. The van der Waals surface area contributed by atoms with Crippen molar-refractivity contribution in [2.45, 2.75) is 6.18 Å². The van der Waals surface area contributed by atoms with E-state index in [1.165, 1.54) is 24.4 Å². The van der Waals surface area contributed by atoms with E-state index in [2.05, 4.69) is 4.98 Å². The lowest BCUT2D eigenvalue weighted by molar-refractivity contribution is -0.137. The van der Waals surface area contributed by atoms with E-state index in [1.54, 1.807) is 12.1 Å². The smallest absolute Gasteiger partial charge is 0.416 e. The summed E-state index contributed by atoms with van der Waals surface area (Å²) in [4.78, 5) is 16.5. The summed E-state index contributed by atoms with van der Waals surface area (Å²) in [5, 5.41) is 0. The van der Waals surface area contributed by atoms with Crippen molar-refractivity contribution in [3.63, 3.8) is 0 Å². The average Bonchev–Trinajstić information content (AvgIpc) is 2.63. The standard InChI is InChI=1S/C19H11F4NO2/c20-15-5-3-4-14(18(15)26-16-6-1-2-11-24-16)17(25)12-7-9-13(10-8-12)19(21,22)23/h1-11H. The summed E-state index contributed by atoms with van der Waals surface area (Å²) in [5.74, 6) is -1.70. The van der Waals surface area contributed by atoms with Gasteiger partial charge in [0, 0.05) is 17.8 Å². The molecule has 3 rings (SSSR count). The fourth-order valence-electron chi connectivity index (χ4n) is 2.27. The Hall–Kier alpha value is -3.22. The number of alkyl halides is 3. The van der Waals surface area contributed by atoms with Gasteiger partial charge >= 0.3 is 6.18 Å². The Morgan fingerprint density at radius 3 is 2.27 bits per heavy atom. The first kappa shape index (κ1) is 17.6. The molecule has 0 unspecified atom stereocenters. The number of rotatable bonds is 4. The minimum atomic E-state index is -4.51. The molecule has 132 valence electrons. The van der Waals surface area contributed by atoms with E-state index in [1.807, 2.05) is 0 Å². The summed E-state index contributed by atoms with van der Waals surface area (Å²) in [6.45, 7) is 0. The SMILES string of the molecule is O=C(c1ccc(C(F)(F)F)cc1)c1cccc(F)c1Oc1ccccn1. The number of carbonyl (C=O) groups excluding carboxylic acids is 1. The molecule has 0 atom stereocenters. The molecular formula is C19H11F4NO2. The Bertz CT molecular complexity index is 923. The molecule has 0 spiro atoms. The molecule has 1 aromatic heterocycles. The molecule has 26 heavy (non-hydrogen) atoms. The molecule has 3 aromatic rings. The van der Waals surface area contributed by atoms with Gasteiger partial charge < -0.3 is 4.74 Å². The summed E-state index contributed by atoms with van der Waals surface area (Å²) in [5.41, 5.74) is -1.01. The lowest BCUT2D eigenvalue weighted by Gasteiger charge is -2.11. The molecule has 0 aliphatic heterocycles. The largest absolute Gasteiger partial charge is 0.435 e. The van der Waals surface area contributed by atoms with Gasteiger partial charge in [0.1, 0.15) is 0 Å². The summed E-state index contributed by atoms with van der Waals surface area (Å²) in [7, 11) is 0. The first-order valence-electron chi connectivity index (χ1n) is 7.45. The third-order valence-electron chi connectivity index (χ3n) is 3.53. The molecular weight excluding hydrogens is 350 g/mol. The van der Waals surface area contributed by atoms with Crippen LogP contribution in [0.5, 0.6) is 11.6 Å². The monoisotopic (exact) mass is 361 g/mol. The summed E-state index contributed by atoms with van der Waals surface area (Å²) in [6.07, 6.45) is -3.07. The van der Waals surface area contributed by atoms with Crippen LogP contribution in [0.3, 0.4) is 0 Å². The number of ketones is 1. The highest BCUT2D eigenvalue weighted by molar-refractivity contribution is 6.10. The Kier molecular flexibility index (Phi) is 4.71. The van der Waals surface area contributed by atoms with Crippen molar-refractivity contribution in [3.05, 3.63) is 89.4 Å². The van der Waals surface area contributed by atoms with Crippen LogP contribution in [0, 0.1) is 5.82 Å². The zero-order chi connectivity index (χ0) is 18.7. The van der Waals surface area contributed by atoms with Gasteiger partial charge in [0.15, 0.2) is 17.3 Å². The molecule has 0 N–H and O–H groups in total. The number of carbonyl (C=O) groups is 1. The fourth-order valence-corrected chi connectivity index (χ4v) is 2.27. The predicted molar refractivity (Wildman–Crippen MR) is 85.6 cm³/mol. The van der Waals surface area contributed by atoms with E-state index in [-0.39, 0.29) is 22.8 Å². The summed E-state index contributed by atoms with van der Waals surface area (Å²) in [6, 6.07) is 12.2. The van der Waals surface area contributed by atoms with Crippen LogP contribution < -0.4 is 4.74 Å². The number of aromatic nitrogens is 1. The lowest BCUT2D eigenvalue weighted by atomic mass is 10.0. The maximum Gasteiger partial charge on any atom is 0.416 e. The third-order valence-corrected chi connectivity index (χ3v) is 3.53. The molecule has 0 fully saturated rings. The summed E-state index contributed by atoms with van der Waals surface area (Å²) >= 11 is 0. The van der Waals surface area contributed by atoms with Crippen molar-refractivity contribution in [1.82, 2.24) is 4.98 Å². The van der Waals surface area contributed by atoms with Gasteiger partial charge in [0.25, 0.3) is 0 Å². The van der Waals surface area contributed by atoms with Crippen molar-refractivity contribution in [2.75, 3.05) is 0 Å². The zero-order valence-electron chi connectivity index (χ0n) is 13.1. The number of hydrogen-bond donors (Lipinski definition) is 0. The van der Waals surface area contributed by atoms with E-state index >= 15 is 0 Å². The Labute approximate surface area is 145 Å². The first-order valence-corrected chi connectivity index (χ1v) is 7.45. The van der Waals surface area contributed by atoms with Crippen LogP contribution in [0.4, 0.5) is 17.6 Å². The Morgan fingerprint density at radius 1 is 0.923 bits per heavy atom. The van der Waals surface area contributed by atoms with E-state index in [9.17, 15) is 22.4 Å². The van der Waals surface area contributed by atoms with E-state index in [0.717, 1.165) is 30.3 Å². The lowest BCUT2D eigenvalue weighted by Crippen LogP contribution is -2.08. The highest BCUT2D eigenvalue weighted by Gasteiger charge is 2.30. The van der Waals surface area contributed by atoms with Crippen molar-refractivity contribution in [1.29, 1.82) is 0 Å². The molecule has 0 saturated heterocycles. The molecule has 0 saturated carbocycles. The van der Waals surface area contributed by atoms with Gasteiger partial charge in [-0.25, -0.2) is 9.37 Å². The first-order chi connectivity index (χ1) is 12.4. The van der Waals surface area contributed by atoms with Crippen LogP contribution in [0.1, 0.15) is 21.5 Å². The van der Waals surface area contributed by atoms with Gasteiger partial charge in [0.2, 0.25) is 5.88 Å². The Morgan fingerprint density at radius 2 is 1.65 bits per heavy atom. The molecule has 1 heterocycles. The van der Waals surface area contributed by atoms with Gasteiger partial charge in [-0.3, -0.25) is 4.79 Å². The number of halogens is 4. The normalized spacial score (nSPS) is 11.2. The van der Waals surface area contributed by atoms with Gasteiger partial charge in [-0.2, -0.15) is 13.2 Å². The minimum absolute atomic E-state index is 0.0190. The van der Waals surface area contributed by atoms with E-state index < -0.39 is 23.3 Å². The molecule has 7 heteroatoms. The highest BCUT2D eigenvalue weighted by Crippen LogP contribution is 2.31. The second kappa shape index (κ2) is 6.95. The number of nitrogens with zero attached hydrogens (tertiary/aromatic N) is 1. The van der Waals surface area contributed by atoms with Crippen LogP contribution in [0.2, 0.25) is 0 Å².